The third-order valence-electron chi connectivity index (χ3n) is 9.65. The molecule has 1 aliphatic heterocycles. The van der Waals surface area contributed by atoms with Crippen LogP contribution in [0.5, 0.6) is 5.75 Å². The summed E-state index contributed by atoms with van der Waals surface area (Å²) in [6.45, 7) is 3.37. The number of carbonyl (C=O) groups is 2. The van der Waals surface area contributed by atoms with Crippen molar-refractivity contribution in [2.75, 3.05) is 10.8 Å². The average molecular weight is 844 g/mol. The van der Waals surface area contributed by atoms with Crippen molar-refractivity contribution in [2.45, 2.75) is 0 Å². The van der Waals surface area contributed by atoms with E-state index in [0.717, 1.165) is 39.8 Å². The van der Waals surface area contributed by atoms with Gasteiger partial charge in [0.25, 0.3) is 5.52 Å². The zero-order valence-electron chi connectivity index (χ0n) is 30.2. The van der Waals surface area contributed by atoms with Crippen molar-refractivity contribution in [3.05, 3.63) is 144 Å². The van der Waals surface area contributed by atoms with Gasteiger partial charge in [-0.05, 0) is 54.1 Å². The summed E-state index contributed by atoms with van der Waals surface area (Å²) >= 11 is 0. The standard InChI is InChI=1S/C42H24N2O14S2/c1-2-7-40(60(52,53)54)44-31-20-35-28(26-9-4-6-11-33(26)56-35)18-37(31)58-39(44)16-23(24-13-12-22(41(45)46)14-29(24)42(47)48)15-38-43(21-59(49,50)51)30-19-34-27(17-36(30)57-38)25-8-3-5-10-32(25)55-34/h3-6,8-20H,1,21H2,(H3-,45,46,47,48,49,50,51,52,53,54)/p-1. The first-order chi connectivity index (χ1) is 28.6. The maximum absolute atomic E-state index is 12.9. The number of aromatic carboxylic acids is 2. The van der Waals surface area contributed by atoms with Gasteiger partial charge in [0.1, 0.15) is 38.3 Å². The van der Waals surface area contributed by atoms with Gasteiger partial charge in [-0.2, -0.15) is 0 Å². The number of aromatic nitrogens is 1. The lowest BCUT2D eigenvalue weighted by Gasteiger charge is -2.20. The second-order valence-electron chi connectivity index (χ2n) is 13.3. The van der Waals surface area contributed by atoms with E-state index in [1.807, 2.05) is 0 Å². The molecular formula is C42H23N2O14S2-. The highest BCUT2D eigenvalue weighted by atomic mass is 32.2. The molecule has 1 aliphatic rings. The van der Waals surface area contributed by atoms with E-state index in [2.05, 4.69) is 18.0 Å². The van der Waals surface area contributed by atoms with Crippen LogP contribution in [0.25, 0.3) is 71.7 Å². The van der Waals surface area contributed by atoms with E-state index in [9.17, 15) is 45.7 Å². The van der Waals surface area contributed by atoms with Crippen molar-refractivity contribution in [1.29, 1.82) is 0 Å². The Kier molecular flexibility index (Phi) is 8.65. The van der Waals surface area contributed by atoms with Crippen LogP contribution in [0, 0.1) is 0 Å². The quantitative estimate of drug-likeness (QED) is 0.0845. The Hall–Kier alpha value is -7.69. The number of carboxylic acid groups (broad SMARTS) is 2. The zero-order valence-corrected chi connectivity index (χ0v) is 31.9. The second kappa shape index (κ2) is 13.7. The lowest BCUT2D eigenvalue weighted by Crippen LogP contribution is -2.37. The lowest BCUT2D eigenvalue weighted by atomic mass is 9.96. The van der Waals surface area contributed by atoms with E-state index in [1.54, 1.807) is 54.6 Å². The fourth-order valence-corrected chi connectivity index (χ4v) is 8.36. The number of ether oxygens (including phenoxy) is 1. The minimum atomic E-state index is -5.42. The minimum absolute atomic E-state index is 0.0115. The van der Waals surface area contributed by atoms with Crippen molar-refractivity contribution in [3.63, 3.8) is 0 Å². The Bertz CT molecular complexity index is 3610. The summed E-state index contributed by atoms with van der Waals surface area (Å²) in [5, 5.41) is 21.6. The van der Waals surface area contributed by atoms with E-state index in [1.165, 1.54) is 18.2 Å². The average Bonchev–Trinajstić information content (AvgIpc) is 3.93. The van der Waals surface area contributed by atoms with Gasteiger partial charge in [-0.3, -0.25) is 4.90 Å². The molecule has 0 atom stereocenters. The topological polar surface area (TPSA) is 245 Å². The van der Waals surface area contributed by atoms with Crippen LogP contribution < -0.4 is 14.2 Å². The molecule has 0 bridgehead atoms. The molecule has 60 heavy (non-hydrogen) atoms. The number of nitrogens with zero attached hydrogens (tertiary/aromatic N) is 2. The van der Waals surface area contributed by atoms with Gasteiger partial charge in [-0.25, -0.2) is 26.4 Å². The Morgan fingerprint density at radius 2 is 1.40 bits per heavy atom. The summed E-state index contributed by atoms with van der Waals surface area (Å²) in [4.78, 5) is 25.7. The number of hydrogen-bond acceptors (Lipinski definition) is 13. The van der Waals surface area contributed by atoms with Crippen molar-refractivity contribution in [3.8, 4) is 5.75 Å². The molecule has 3 aromatic heterocycles. The number of benzene rings is 5. The SMILES string of the molecule is C=C=C=C([n+]1c(C=C(C=C2Oc3cc4c(cc3N2CS(=O)(=O)[O-])oc2ccccc24)c2ccc(C(=O)O)cc2C(=O)O)oc2cc3c(cc21)oc1ccccc13)S(=O)(=O)[O-]. The number of carboxylic acids is 2. The Balaban J connectivity index is 1.35. The molecule has 0 saturated heterocycles. The maximum Gasteiger partial charge on any atom is 0.381 e. The molecule has 0 fully saturated rings. The summed E-state index contributed by atoms with van der Waals surface area (Å²) < 4.78 is 101. The molecule has 0 spiro atoms. The highest BCUT2D eigenvalue weighted by Gasteiger charge is 2.34. The van der Waals surface area contributed by atoms with Crippen molar-refractivity contribution < 1.29 is 68.3 Å². The summed E-state index contributed by atoms with van der Waals surface area (Å²) in [6, 6.07) is 23.2. The summed E-state index contributed by atoms with van der Waals surface area (Å²) in [7, 11) is -10.5. The number of fused-ring (bicyclic) bond motifs is 8. The Morgan fingerprint density at radius 1 is 0.750 bits per heavy atom. The van der Waals surface area contributed by atoms with Crippen LogP contribution in [0.2, 0.25) is 0 Å². The van der Waals surface area contributed by atoms with Gasteiger partial charge in [-0.1, -0.05) is 48.2 Å². The van der Waals surface area contributed by atoms with Crippen LogP contribution >= 0.6 is 0 Å². The number of oxazole rings is 1. The lowest BCUT2D eigenvalue weighted by molar-refractivity contribution is -0.553. The Morgan fingerprint density at radius 3 is 2.02 bits per heavy atom. The highest BCUT2D eigenvalue weighted by molar-refractivity contribution is 7.94. The molecule has 0 unspecified atom stereocenters. The number of anilines is 1. The number of furan rings is 2. The third kappa shape index (κ3) is 6.49. The summed E-state index contributed by atoms with van der Waals surface area (Å²) in [5.41, 5.74) is 4.62. The molecule has 9 rings (SSSR count). The van der Waals surface area contributed by atoms with Gasteiger partial charge in [0.05, 0.1) is 29.0 Å². The molecule has 18 heteroatoms. The van der Waals surface area contributed by atoms with Crippen LogP contribution in [-0.2, 0) is 20.2 Å². The van der Waals surface area contributed by atoms with Crippen molar-refractivity contribution in [2.24, 2.45) is 0 Å². The summed E-state index contributed by atoms with van der Waals surface area (Å²) in [5.74, 6) is -4.93. The molecule has 298 valence electrons. The normalized spacial score (nSPS) is 13.9. The second-order valence-corrected chi connectivity index (χ2v) is 16.0. The van der Waals surface area contributed by atoms with Gasteiger partial charge < -0.3 is 37.3 Å². The first-order valence-corrected chi connectivity index (χ1v) is 20.4. The van der Waals surface area contributed by atoms with E-state index in [-0.39, 0.29) is 45.1 Å². The molecule has 0 aliphatic carbocycles. The van der Waals surface area contributed by atoms with Crippen LogP contribution in [0.15, 0.2) is 134 Å². The number of rotatable bonds is 9. The van der Waals surface area contributed by atoms with Crippen LogP contribution in [-0.4, -0.2) is 54.0 Å². The van der Waals surface area contributed by atoms with Crippen LogP contribution in [0.4, 0.5) is 5.69 Å². The minimum Gasteiger partial charge on any atom is -0.747 e. The number of para-hydroxylation sites is 2. The van der Waals surface area contributed by atoms with Crippen LogP contribution in [0.3, 0.4) is 0 Å². The first-order valence-electron chi connectivity index (χ1n) is 17.4. The predicted molar refractivity (Wildman–Crippen MR) is 213 cm³/mol. The van der Waals surface area contributed by atoms with Gasteiger partial charge in [0.2, 0.25) is 11.5 Å². The predicted octanol–water partition coefficient (Wildman–Crippen LogP) is 6.98. The molecule has 0 radical (unpaired) electrons. The maximum atomic E-state index is 12.9. The van der Waals surface area contributed by atoms with Gasteiger partial charge in [-0.15, -0.1) is 4.57 Å². The van der Waals surface area contributed by atoms with Crippen molar-refractivity contribution in [1.82, 2.24) is 0 Å². The largest absolute Gasteiger partial charge is 0.747 e. The van der Waals surface area contributed by atoms with E-state index in [0.29, 0.717) is 38.3 Å². The molecular weight excluding hydrogens is 821 g/mol. The zero-order chi connectivity index (χ0) is 42.2. The molecule has 4 heterocycles. The summed E-state index contributed by atoms with van der Waals surface area (Å²) in [6.07, 6.45) is 2.25. The fourth-order valence-electron chi connectivity index (χ4n) is 7.17. The van der Waals surface area contributed by atoms with Gasteiger partial charge >= 0.3 is 22.9 Å². The van der Waals surface area contributed by atoms with Gasteiger partial charge in [0.15, 0.2) is 15.9 Å². The number of hydrogen-bond donors (Lipinski definition) is 2. The van der Waals surface area contributed by atoms with Crippen LogP contribution in [0.1, 0.15) is 32.2 Å². The third-order valence-corrected chi connectivity index (χ3v) is 11.0. The molecule has 5 aromatic carbocycles. The first kappa shape index (κ1) is 37.9. The highest BCUT2D eigenvalue weighted by Crippen LogP contribution is 2.45. The Labute approximate surface area is 336 Å². The number of allylic oxidation sites excluding steroid dienone is 2. The van der Waals surface area contributed by atoms with Gasteiger partial charge in [0, 0.05) is 39.4 Å². The molecule has 2 N–H and O–H groups in total. The monoisotopic (exact) mass is 843 g/mol. The van der Waals surface area contributed by atoms with E-state index in [4.69, 9.17) is 18.0 Å². The van der Waals surface area contributed by atoms with E-state index < -0.39 is 60.1 Å². The molecule has 8 aromatic rings. The molecule has 0 amide bonds. The fraction of sp³-hybridized carbons (Fsp3) is 0.0238. The smallest absolute Gasteiger partial charge is 0.381 e. The molecule has 16 nitrogen and oxygen atoms in total. The molecule has 0 saturated carbocycles. The van der Waals surface area contributed by atoms with Crippen molar-refractivity contribution >= 4 is 110 Å². The van der Waals surface area contributed by atoms with E-state index >= 15 is 0 Å².